The molecule has 20 heavy (non-hydrogen) atoms. The summed E-state index contributed by atoms with van der Waals surface area (Å²) < 4.78 is 5.34. The van der Waals surface area contributed by atoms with Crippen LogP contribution in [-0.4, -0.2) is 42.5 Å². The smallest absolute Gasteiger partial charge is 0.284 e. The van der Waals surface area contributed by atoms with Crippen molar-refractivity contribution >= 4 is 27.5 Å². The maximum atomic E-state index is 12.4. The lowest BCUT2D eigenvalue weighted by molar-refractivity contribution is -0.385. The summed E-state index contributed by atoms with van der Waals surface area (Å²) in [5.41, 5.74) is 0.237. The van der Waals surface area contributed by atoms with Crippen molar-refractivity contribution in [1.29, 1.82) is 0 Å². The van der Waals surface area contributed by atoms with E-state index in [2.05, 4.69) is 15.9 Å². The van der Waals surface area contributed by atoms with Crippen LogP contribution in [0.1, 0.15) is 16.8 Å². The molecule has 1 aliphatic rings. The van der Waals surface area contributed by atoms with Gasteiger partial charge in [0.2, 0.25) is 0 Å². The molecule has 6 nitrogen and oxygen atoms in total. The zero-order valence-electron chi connectivity index (χ0n) is 11.0. The number of nitro benzene ring substituents is 1. The van der Waals surface area contributed by atoms with Gasteiger partial charge in [-0.1, -0.05) is 6.07 Å². The highest BCUT2D eigenvalue weighted by Gasteiger charge is 2.29. The number of hydrogen-bond donors (Lipinski definition) is 0. The van der Waals surface area contributed by atoms with Crippen molar-refractivity contribution in [2.24, 2.45) is 5.92 Å². The van der Waals surface area contributed by atoms with Gasteiger partial charge < -0.3 is 9.64 Å². The van der Waals surface area contributed by atoms with E-state index in [4.69, 9.17) is 4.74 Å². The number of likely N-dealkylation sites (tertiary alicyclic amines) is 1. The second-order valence-electron chi connectivity index (χ2n) is 4.76. The van der Waals surface area contributed by atoms with Gasteiger partial charge >= 0.3 is 0 Å². The Morgan fingerprint density at radius 1 is 1.60 bits per heavy atom. The Kier molecular flexibility index (Phi) is 4.72. The molecule has 1 saturated heterocycles. The number of methoxy groups -OCH3 is 1. The first-order chi connectivity index (χ1) is 9.54. The van der Waals surface area contributed by atoms with Crippen LogP contribution in [0.3, 0.4) is 0 Å². The molecular weight excluding hydrogens is 328 g/mol. The van der Waals surface area contributed by atoms with Crippen LogP contribution in [-0.2, 0) is 4.74 Å². The summed E-state index contributed by atoms with van der Waals surface area (Å²) in [6.07, 6.45) is 0.895. The summed E-state index contributed by atoms with van der Waals surface area (Å²) in [6, 6.07) is 4.50. The predicted octanol–water partition coefficient (Wildman–Crippen LogP) is 2.47. The number of ether oxygens (including phenoxy) is 1. The van der Waals surface area contributed by atoms with E-state index in [1.807, 2.05) is 0 Å². The van der Waals surface area contributed by atoms with Crippen LogP contribution in [0, 0.1) is 16.0 Å². The maximum absolute atomic E-state index is 12.4. The van der Waals surface area contributed by atoms with Crippen molar-refractivity contribution in [2.45, 2.75) is 6.42 Å². The number of amides is 1. The van der Waals surface area contributed by atoms with Gasteiger partial charge in [-0.15, -0.1) is 0 Å². The Balaban J connectivity index is 2.18. The molecule has 1 fully saturated rings. The van der Waals surface area contributed by atoms with Crippen LogP contribution in [0.2, 0.25) is 0 Å². The van der Waals surface area contributed by atoms with E-state index in [1.54, 1.807) is 18.1 Å². The molecule has 1 aliphatic heterocycles. The minimum Gasteiger partial charge on any atom is -0.384 e. The highest BCUT2D eigenvalue weighted by Crippen LogP contribution is 2.30. The number of nitro groups is 1. The molecule has 0 bridgehead atoms. The monoisotopic (exact) mass is 342 g/mol. The summed E-state index contributed by atoms with van der Waals surface area (Å²) in [4.78, 5) is 24.5. The lowest BCUT2D eigenvalue weighted by Gasteiger charge is -2.17. The van der Waals surface area contributed by atoms with E-state index >= 15 is 0 Å². The first-order valence-corrected chi connectivity index (χ1v) is 7.05. The zero-order chi connectivity index (χ0) is 14.7. The van der Waals surface area contributed by atoms with Crippen molar-refractivity contribution in [3.8, 4) is 0 Å². The van der Waals surface area contributed by atoms with Gasteiger partial charge in [-0.3, -0.25) is 14.9 Å². The maximum Gasteiger partial charge on any atom is 0.284 e. The quantitative estimate of drug-likeness (QED) is 0.622. The molecule has 0 radical (unpaired) electrons. The Morgan fingerprint density at radius 3 is 3.00 bits per heavy atom. The lowest BCUT2D eigenvalue weighted by Crippen LogP contribution is -2.29. The van der Waals surface area contributed by atoms with Crippen LogP contribution in [0.25, 0.3) is 0 Å². The van der Waals surface area contributed by atoms with Crippen LogP contribution in [0.15, 0.2) is 22.7 Å². The number of carbonyl (C=O) groups is 1. The normalized spacial score (nSPS) is 18.3. The SMILES string of the molecule is COCC1CCN(C(=O)c2cccc([N+](=O)[O-])c2Br)C1. The van der Waals surface area contributed by atoms with E-state index in [-0.39, 0.29) is 16.1 Å². The van der Waals surface area contributed by atoms with Gasteiger partial charge in [0.15, 0.2) is 0 Å². The van der Waals surface area contributed by atoms with Gasteiger partial charge in [-0.2, -0.15) is 0 Å². The number of halogens is 1. The Hall–Kier alpha value is -1.47. The van der Waals surface area contributed by atoms with Crippen LogP contribution >= 0.6 is 15.9 Å². The Morgan fingerprint density at radius 2 is 2.35 bits per heavy atom. The third-order valence-electron chi connectivity index (χ3n) is 3.38. The van der Waals surface area contributed by atoms with E-state index in [0.717, 1.165) is 6.42 Å². The van der Waals surface area contributed by atoms with E-state index in [9.17, 15) is 14.9 Å². The molecule has 1 atom stereocenters. The molecule has 1 heterocycles. The number of hydrogen-bond acceptors (Lipinski definition) is 4. The fraction of sp³-hybridized carbons (Fsp3) is 0.462. The van der Waals surface area contributed by atoms with Crippen LogP contribution in [0.5, 0.6) is 0 Å². The van der Waals surface area contributed by atoms with E-state index in [0.29, 0.717) is 31.2 Å². The molecule has 0 spiro atoms. The molecule has 108 valence electrons. The average molecular weight is 343 g/mol. The predicted molar refractivity (Wildman–Crippen MR) is 76.7 cm³/mol. The van der Waals surface area contributed by atoms with Gasteiger partial charge in [0.25, 0.3) is 11.6 Å². The number of nitrogens with zero attached hydrogens (tertiary/aromatic N) is 2. The van der Waals surface area contributed by atoms with Crippen molar-refractivity contribution in [1.82, 2.24) is 4.90 Å². The molecule has 0 N–H and O–H groups in total. The lowest BCUT2D eigenvalue weighted by atomic mass is 10.1. The van der Waals surface area contributed by atoms with Gasteiger partial charge in [0.05, 0.1) is 17.1 Å². The van der Waals surface area contributed by atoms with E-state index < -0.39 is 4.92 Å². The first-order valence-electron chi connectivity index (χ1n) is 6.25. The summed E-state index contributed by atoms with van der Waals surface area (Å²) in [5, 5.41) is 10.9. The molecule has 1 unspecified atom stereocenters. The zero-order valence-corrected chi connectivity index (χ0v) is 12.6. The van der Waals surface area contributed by atoms with Gasteiger partial charge in [0.1, 0.15) is 4.47 Å². The number of benzene rings is 1. The summed E-state index contributed by atoms with van der Waals surface area (Å²) in [5.74, 6) is 0.153. The molecule has 0 saturated carbocycles. The van der Waals surface area contributed by atoms with Crippen LogP contribution < -0.4 is 0 Å². The molecule has 1 amide bonds. The average Bonchev–Trinajstić information content (AvgIpc) is 2.87. The number of carbonyl (C=O) groups excluding carboxylic acids is 1. The molecule has 1 aromatic rings. The molecule has 7 heteroatoms. The topological polar surface area (TPSA) is 72.7 Å². The molecule has 0 aromatic heterocycles. The second-order valence-corrected chi connectivity index (χ2v) is 5.55. The fourth-order valence-electron chi connectivity index (χ4n) is 2.39. The summed E-state index contributed by atoms with van der Waals surface area (Å²) in [7, 11) is 1.64. The number of rotatable bonds is 4. The third kappa shape index (κ3) is 2.99. The molecule has 1 aromatic carbocycles. The first kappa shape index (κ1) is 14.9. The summed E-state index contributed by atoms with van der Waals surface area (Å²) >= 11 is 3.16. The van der Waals surface area contributed by atoms with E-state index in [1.165, 1.54) is 12.1 Å². The van der Waals surface area contributed by atoms with Crippen molar-refractivity contribution < 1.29 is 14.5 Å². The second kappa shape index (κ2) is 6.32. The Labute approximate surface area is 125 Å². The molecule has 0 aliphatic carbocycles. The minimum atomic E-state index is -0.501. The minimum absolute atomic E-state index is 0.0940. The fourth-order valence-corrected chi connectivity index (χ4v) is 2.96. The van der Waals surface area contributed by atoms with Gasteiger partial charge in [-0.25, -0.2) is 0 Å². The third-order valence-corrected chi connectivity index (χ3v) is 4.21. The molecular formula is C13H15BrN2O4. The summed E-state index contributed by atoms with van der Waals surface area (Å²) in [6.45, 7) is 1.91. The van der Waals surface area contributed by atoms with Crippen molar-refractivity contribution in [2.75, 3.05) is 26.8 Å². The molecule has 2 rings (SSSR count). The van der Waals surface area contributed by atoms with Gasteiger partial charge in [-0.05, 0) is 28.4 Å². The highest BCUT2D eigenvalue weighted by molar-refractivity contribution is 9.10. The van der Waals surface area contributed by atoms with Crippen LogP contribution in [0.4, 0.5) is 5.69 Å². The van der Waals surface area contributed by atoms with Crippen molar-refractivity contribution in [3.05, 3.63) is 38.3 Å². The largest absolute Gasteiger partial charge is 0.384 e. The van der Waals surface area contributed by atoms with Crippen molar-refractivity contribution in [3.63, 3.8) is 0 Å². The van der Waals surface area contributed by atoms with Gasteiger partial charge in [0, 0.05) is 32.2 Å². The standard InChI is InChI=1S/C13H15BrN2O4/c1-20-8-9-5-6-15(7-9)13(17)10-3-2-4-11(12(10)14)16(18)19/h2-4,9H,5-8H2,1H3. The highest BCUT2D eigenvalue weighted by atomic mass is 79.9. The Bertz CT molecular complexity index is 535.